The Bertz CT molecular complexity index is 283. The minimum absolute atomic E-state index is 0.633. The summed E-state index contributed by atoms with van der Waals surface area (Å²) < 4.78 is 0. The maximum atomic E-state index is 5.69. The molecule has 0 heterocycles. The Kier molecular flexibility index (Phi) is 4.49. The van der Waals surface area contributed by atoms with Crippen molar-refractivity contribution in [2.24, 2.45) is 11.7 Å². The summed E-state index contributed by atoms with van der Waals surface area (Å²) in [6, 6.07) is 8.39. The highest BCUT2D eigenvalue weighted by molar-refractivity contribution is 8.00. The molecule has 1 aromatic rings. The largest absolute Gasteiger partial charge is 0.326 e. The number of rotatable bonds is 4. The van der Waals surface area contributed by atoms with Crippen LogP contribution in [0.15, 0.2) is 29.2 Å². The molecule has 0 fully saturated rings. The predicted molar refractivity (Wildman–Crippen MR) is 64.5 cm³/mol. The molecular weight excluding hydrogens is 190 g/mol. The van der Waals surface area contributed by atoms with Crippen molar-refractivity contribution in [2.75, 3.05) is 0 Å². The average Bonchev–Trinajstić information content (AvgIpc) is 2.18. The smallest absolute Gasteiger partial charge is 0.0189 e. The molecule has 0 aromatic heterocycles. The van der Waals surface area contributed by atoms with Gasteiger partial charge in [-0.15, -0.1) is 11.8 Å². The summed E-state index contributed by atoms with van der Waals surface area (Å²) in [7, 11) is 0. The fourth-order valence-corrected chi connectivity index (χ4v) is 2.26. The third-order valence-corrected chi connectivity index (χ3v) is 4.01. The van der Waals surface area contributed by atoms with Crippen LogP contribution in [0.1, 0.15) is 26.3 Å². The van der Waals surface area contributed by atoms with Crippen LogP contribution in [0.5, 0.6) is 0 Å². The van der Waals surface area contributed by atoms with Gasteiger partial charge >= 0.3 is 0 Å². The topological polar surface area (TPSA) is 26.0 Å². The maximum absolute atomic E-state index is 5.69. The third kappa shape index (κ3) is 3.03. The molecule has 0 radical (unpaired) electrons. The minimum Gasteiger partial charge on any atom is -0.326 e. The van der Waals surface area contributed by atoms with E-state index in [1.54, 1.807) is 0 Å². The van der Waals surface area contributed by atoms with Crippen molar-refractivity contribution in [3.63, 3.8) is 0 Å². The zero-order valence-electron chi connectivity index (χ0n) is 9.16. The van der Waals surface area contributed by atoms with Crippen molar-refractivity contribution in [3.8, 4) is 0 Å². The number of nitrogens with two attached hydrogens (primary N) is 1. The second kappa shape index (κ2) is 5.42. The lowest BCUT2D eigenvalue weighted by Gasteiger charge is -2.16. The molecule has 0 aliphatic rings. The van der Waals surface area contributed by atoms with Crippen molar-refractivity contribution in [2.45, 2.75) is 37.5 Å². The van der Waals surface area contributed by atoms with Gasteiger partial charge in [-0.2, -0.15) is 0 Å². The lowest BCUT2D eigenvalue weighted by atomic mass is 10.2. The van der Waals surface area contributed by atoms with E-state index in [0.717, 1.165) is 0 Å². The molecule has 0 saturated heterocycles. The predicted octanol–water partition coefficient (Wildman–Crippen LogP) is 3.28. The van der Waals surface area contributed by atoms with Gasteiger partial charge in [-0.3, -0.25) is 0 Å². The van der Waals surface area contributed by atoms with Crippen LogP contribution in [0.3, 0.4) is 0 Å². The van der Waals surface area contributed by atoms with E-state index in [0.29, 0.717) is 17.7 Å². The molecule has 1 atom stereocenters. The summed E-state index contributed by atoms with van der Waals surface area (Å²) >= 11 is 1.92. The molecule has 2 heteroatoms. The first-order chi connectivity index (χ1) is 6.65. The molecule has 0 spiro atoms. The summed E-state index contributed by atoms with van der Waals surface area (Å²) in [6.45, 7) is 7.40. The molecule has 78 valence electrons. The van der Waals surface area contributed by atoms with Gasteiger partial charge < -0.3 is 5.73 Å². The molecule has 0 bridgehead atoms. The van der Waals surface area contributed by atoms with Crippen LogP contribution in [0.4, 0.5) is 0 Å². The van der Waals surface area contributed by atoms with Crippen molar-refractivity contribution >= 4 is 11.8 Å². The highest BCUT2D eigenvalue weighted by Crippen LogP contribution is 2.30. The summed E-state index contributed by atoms with van der Waals surface area (Å²) in [5.41, 5.74) is 6.94. The Morgan fingerprint density at radius 3 is 2.43 bits per heavy atom. The first-order valence-electron chi connectivity index (χ1n) is 5.09. The number of hydrogen-bond acceptors (Lipinski definition) is 2. The lowest BCUT2D eigenvalue weighted by Crippen LogP contribution is -2.07. The fraction of sp³-hybridized carbons (Fsp3) is 0.500. The molecule has 1 rings (SSSR count). The van der Waals surface area contributed by atoms with Crippen LogP contribution in [0.25, 0.3) is 0 Å². The van der Waals surface area contributed by atoms with E-state index in [9.17, 15) is 0 Å². The van der Waals surface area contributed by atoms with Gasteiger partial charge in [-0.25, -0.2) is 0 Å². The van der Waals surface area contributed by atoms with E-state index in [2.05, 4.69) is 39.0 Å². The molecule has 0 amide bonds. The molecule has 0 aliphatic heterocycles. The van der Waals surface area contributed by atoms with Gasteiger partial charge in [0.2, 0.25) is 0 Å². The van der Waals surface area contributed by atoms with Gasteiger partial charge in [0.15, 0.2) is 0 Å². The standard InChI is InChI=1S/C12H19NS/c1-9(2)10(3)14-12-7-5-4-6-11(12)8-13/h4-7,9-10H,8,13H2,1-3H3. The molecular formula is C12H19NS. The number of hydrogen-bond donors (Lipinski definition) is 1. The summed E-state index contributed by atoms with van der Waals surface area (Å²) in [4.78, 5) is 1.33. The van der Waals surface area contributed by atoms with Gasteiger partial charge in [0.1, 0.15) is 0 Å². The van der Waals surface area contributed by atoms with Gasteiger partial charge in [0, 0.05) is 16.7 Å². The summed E-state index contributed by atoms with van der Waals surface area (Å²) in [5.74, 6) is 0.700. The fourth-order valence-electron chi connectivity index (χ4n) is 1.12. The third-order valence-electron chi connectivity index (χ3n) is 2.44. The van der Waals surface area contributed by atoms with Crippen LogP contribution in [-0.2, 0) is 6.54 Å². The Morgan fingerprint density at radius 1 is 1.21 bits per heavy atom. The van der Waals surface area contributed by atoms with Crippen molar-refractivity contribution < 1.29 is 0 Å². The molecule has 1 aromatic carbocycles. The maximum Gasteiger partial charge on any atom is 0.0189 e. The number of thioether (sulfide) groups is 1. The van der Waals surface area contributed by atoms with Crippen molar-refractivity contribution in [1.82, 2.24) is 0 Å². The van der Waals surface area contributed by atoms with Crippen LogP contribution in [0.2, 0.25) is 0 Å². The van der Waals surface area contributed by atoms with Crippen LogP contribution in [0, 0.1) is 5.92 Å². The highest BCUT2D eigenvalue weighted by atomic mass is 32.2. The second-order valence-corrected chi connectivity index (χ2v) is 5.30. The SMILES string of the molecule is CC(C)C(C)Sc1ccccc1CN. The molecule has 0 aliphatic carbocycles. The van der Waals surface area contributed by atoms with Crippen LogP contribution in [-0.4, -0.2) is 5.25 Å². The van der Waals surface area contributed by atoms with Crippen LogP contribution >= 0.6 is 11.8 Å². The zero-order valence-corrected chi connectivity index (χ0v) is 9.97. The van der Waals surface area contributed by atoms with Gasteiger partial charge in [-0.1, -0.05) is 39.0 Å². The van der Waals surface area contributed by atoms with Gasteiger partial charge in [-0.05, 0) is 17.5 Å². The first-order valence-corrected chi connectivity index (χ1v) is 5.97. The molecule has 1 nitrogen and oxygen atoms in total. The first kappa shape index (κ1) is 11.6. The highest BCUT2D eigenvalue weighted by Gasteiger charge is 2.10. The zero-order chi connectivity index (χ0) is 10.6. The Morgan fingerprint density at radius 2 is 1.86 bits per heavy atom. The summed E-state index contributed by atoms with van der Waals surface area (Å²) in [6.07, 6.45) is 0. The molecule has 1 unspecified atom stereocenters. The Labute approximate surface area is 91.1 Å². The van der Waals surface area contributed by atoms with Crippen molar-refractivity contribution in [1.29, 1.82) is 0 Å². The quantitative estimate of drug-likeness (QED) is 0.770. The van der Waals surface area contributed by atoms with E-state index in [-0.39, 0.29) is 0 Å². The summed E-state index contributed by atoms with van der Waals surface area (Å²) in [5, 5.41) is 0.641. The minimum atomic E-state index is 0.633. The van der Waals surface area contributed by atoms with E-state index < -0.39 is 0 Å². The average molecular weight is 209 g/mol. The van der Waals surface area contributed by atoms with E-state index in [1.165, 1.54) is 10.5 Å². The van der Waals surface area contributed by atoms with E-state index >= 15 is 0 Å². The normalized spacial score (nSPS) is 13.2. The van der Waals surface area contributed by atoms with Crippen LogP contribution < -0.4 is 5.73 Å². The number of benzene rings is 1. The monoisotopic (exact) mass is 209 g/mol. The van der Waals surface area contributed by atoms with E-state index in [1.807, 2.05) is 17.8 Å². The van der Waals surface area contributed by atoms with E-state index in [4.69, 9.17) is 5.73 Å². The Hall–Kier alpha value is -0.470. The van der Waals surface area contributed by atoms with Crippen molar-refractivity contribution in [3.05, 3.63) is 29.8 Å². The second-order valence-electron chi connectivity index (χ2n) is 3.88. The molecule has 14 heavy (non-hydrogen) atoms. The lowest BCUT2D eigenvalue weighted by molar-refractivity contribution is 0.642. The molecule has 2 N–H and O–H groups in total. The van der Waals surface area contributed by atoms with Gasteiger partial charge in [0.05, 0.1) is 0 Å². The Balaban J connectivity index is 2.75. The molecule has 0 saturated carbocycles. The van der Waals surface area contributed by atoms with Gasteiger partial charge in [0.25, 0.3) is 0 Å².